The maximum Gasteiger partial charge on any atom is 0.119 e. The van der Waals surface area contributed by atoms with Crippen LogP contribution in [0.25, 0.3) is 0 Å². The summed E-state index contributed by atoms with van der Waals surface area (Å²) >= 11 is 0. The third-order valence-corrected chi connectivity index (χ3v) is 4.86. The first-order valence-corrected chi connectivity index (χ1v) is 11.3. The van der Waals surface area contributed by atoms with Gasteiger partial charge in [0.1, 0.15) is 11.5 Å². The lowest BCUT2D eigenvalue weighted by Crippen LogP contribution is -2.06. The lowest BCUT2D eigenvalue weighted by molar-refractivity contribution is 0.271. The summed E-state index contributed by atoms with van der Waals surface area (Å²) in [7, 11) is 0. The Balaban J connectivity index is 1.82. The highest BCUT2D eigenvalue weighted by molar-refractivity contribution is 6.01. The second kappa shape index (κ2) is 13.4. The van der Waals surface area contributed by atoms with Gasteiger partial charge >= 0.3 is 0 Å². The maximum atomic E-state index is 9.44. The molecule has 0 spiro atoms. The van der Waals surface area contributed by atoms with E-state index < -0.39 is 0 Å². The molecule has 0 unspecified atom stereocenters. The molecule has 174 valence electrons. The molecule has 0 saturated carbocycles. The van der Waals surface area contributed by atoms with Crippen LogP contribution in [-0.4, -0.2) is 35.1 Å². The van der Waals surface area contributed by atoms with Crippen LogP contribution >= 0.6 is 0 Å². The van der Waals surface area contributed by atoms with E-state index in [9.17, 15) is 10.4 Å². The van der Waals surface area contributed by atoms with E-state index in [1.807, 2.05) is 48.5 Å². The van der Waals surface area contributed by atoms with Crippen molar-refractivity contribution >= 4 is 11.4 Å². The third kappa shape index (κ3) is 8.61. The van der Waals surface area contributed by atoms with Crippen molar-refractivity contribution in [3.05, 3.63) is 59.7 Å². The topological polar surface area (TPSA) is 83.6 Å². The molecule has 6 nitrogen and oxygen atoms in total. The van der Waals surface area contributed by atoms with Crippen LogP contribution < -0.4 is 9.47 Å². The van der Waals surface area contributed by atoms with Crippen molar-refractivity contribution in [3.8, 4) is 11.5 Å². The van der Waals surface area contributed by atoms with E-state index in [-0.39, 0.29) is 0 Å². The van der Waals surface area contributed by atoms with Gasteiger partial charge in [-0.3, -0.25) is 0 Å². The summed E-state index contributed by atoms with van der Waals surface area (Å²) in [6.45, 7) is 9.76. The van der Waals surface area contributed by atoms with Crippen LogP contribution in [0.2, 0.25) is 0 Å². The van der Waals surface area contributed by atoms with Crippen LogP contribution in [-0.2, 0) is 0 Å². The fraction of sp³-hybridized carbons (Fsp3) is 0.462. The Morgan fingerprint density at radius 3 is 1.28 bits per heavy atom. The molecular weight excluding hydrogens is 404 g/mol. The number of benzene rings is 2. The van der Waals surface area contributed by atoms with Gasteiger partial charge in [-0.25, -0.2) is 0 Å². The molecule has 32 heavy (non-hydrogen) atoms. The van der Waals surface area contributed by atoms with Crippen molar-refractivity contribution in [1.82, 2.24) is 0 Å². The smallest absolute Gasteiger partial charge is 0.119 e. The number of hydrogen-bond acceptors (Lipinski definition) is 6. The second-order valence-corrected chi connectivity index (χ2v) is 8.76. The number of ether oxygens (including phenoxy) is 2. The van der Waals surface area contributed by atoms with Crippen molar-refractivity contribution in [2.45, 2.75) is 53.4 Å². The fourth-order valence-electron chi connectivity index (χ4n) is 3.10. The summed E-state index contributed by atoms with van der Waals surface area (Å²) in [6.07, 6.45) is 2.87. The van der Waals surface area contributed by atoms with E-state index >= 15 is 0 Å². The third-order valence-electron chi connectivity index (χ3n) is 4.86. The minimum absolute atomic E-state index is 0.465. The van der Waals surface area contributed by atoms with Gasteiger partial charge in [-0.15, -0.1) is 0 Å². The van der Waals surface area contributed by atoms with Gasteiger partial charge in [-0.2, -0.15) is 0 Å². The normalized spacial score (nSPS) is 12.4. The minimum atomic E-state index is 0.465. The largest absolute Gasteiger partial charge is 0.493 e. The summed E-state index contributed by atoms with van der Waals surface area (Å²) in [6, 6.07) is 15.2. The van der Waals surface area contributed by atoms with Gasteiger partial charge in [-0.1, -0.05) is 38.0 Å². The molecule has 2 aromatic rings. The molecule has 0 heterocycles. The van der Waals surface area contributed by atoms with Gasteiger partial charge in [0.2, 0.25) is 0 Å². The quantitative estimate of drug-likeness (QED) is 0.164. The highest BCUT2D eigenvalue weighted by atomic mass is 16.5. The lowest BCUT2D eigenvalue weighted by atomic mass is 10.0. The molecule has 0 fully saturated rings. The van der Waals surface area contributed by atoms with Crippen molar-refractivity contribution in [2.24, 2.45) is 22.1 Å². The molecule has 2 aromatic carbocycles. The first-order valence-electron chi connectivity index (χ1n) is 11.3. The van der Waals surface area contributed by atoms with Crippen LogP contribution in [0.1, 0.15) is 64.5 Å². The molecule has 6 heteroatoms. The van der Waals surface area contributed by atoms with Crippen LogP contribution in [0.4, 0.5) is 0 Å². The van der Waals surface area contributed by atoms with Crippen molar-refractivity contribution < 1.29 is 19.9 Å². The Hall–Kier alpha value is -3.02. The lowest BCUT2D eigenvalue weighted by Gasteiger charge is -2.11. The van der Waals surface area contributed by atoms with Crippen molar-refractivity contribution in [1.29, 1.82) is 0 Å². The Labute approximate surface area is 191 Å². The van der Waals surface area contributed by atoms with Crippen molar-refractivity contribution in [2.75, 3.05) is 13.2 Å². The summed E-state index contributed by atoms with van der Waals surface area (Å²) in [5, 5.41) is 25.8. The predicted molar refractivity (Wildman–Crippen MR) is 129 cm³/mol. The fourth-order valence-corrected chi connectivity index (χ4v) is 3.10. The molecule has 2 rings (SSSR count). The van der Waals surface area contributed by atoms with Gasteiger partial charge < -0.3 is 19.9 Å². The van der Waals surface area contributed by atoms with E-state index in [0.29, 0.717) is 49.3 Å². The standard InChI is InChI=1S/C26H36N2O4/c1-19(2)17-31-23-13-9-21(10-14-23)25(27-29)7-5-6-8-26(28-30)22-11-15-24(16-12-22)32-18-20(3)4/h9-16,19-20,29-30H,5-8,17-18H2,1-4H3/b27-25+,28-26+. The van der Waals surface area contributed by atoms with Gasteiger partial charge in [0.05, 0.1) is 24.6 Å². The maximum absolute atomic E-state index is 9.44. The van der Waals surface area contributed by atoms with Gasteiger partial charge in [0.15, 0.2) is 0 Å². The van der Waals surface area contributed by atoms with E-state index in [1.54, 1.807) is 0 Å². The first-order chi connectivity index (χ1) is 15.4. The molecule has 0 bridgehead atoms. The molecule has 2 N–H and O–H groups in total. The zero-order chi connectivity index (χ0) is 23.3. The summed E-state index contributed by atoms with van der Waals surface area (Å²) in [5.74, 6) is 2.55. The summed E-state index contributed by atoms with van der Waals surface area (Å²) < 4.78 is 11.4. The second-order valence-electron chi connectivity index (χ2n) is 8.76. The van der Waals surface area contributed by atoms with Crippen LogP contribution in [0.3, 0.4) is 0 Å². The van der Waals surface area contributed by atoms with Crippen LogP contribution in [0.15, 0.2) is 58.8 Å². The Morgan fingerprint density at radius 1 is 0.656 bits per heavy atom. The van der Waals surface area contributed by atoms with E-state index in [0.717, 1.165) is 35.5 Å². The zero-order valence-electron chi connectivity index (χ0n) is 19.6. The highest BCUT2D eigenvalue weighted by Crippen LogP contribution is 2.18. The molecule has 0 saturated heterocycles. The van der Waals surface area contributed by atoms with E-state index in [2.05, 4.69) is 38.0 Å². The summed E-state index contributed by atoms with van der Waals surface area (Å²) in [4.78, 5) is 0. The number of nitrogens with zero attached hydrogens (tertiary/aromatic N) is 2. The molecule has 0 aromatic heterocycles. The van der Waals surface area contributed by atoms with Gasteiger partial charge in [0, 0.05) is 0 Å². The highest BCUT2D eigenvalue weighted by Gasteiger charge is 2.09. The summed E-state index contributed by atoms with van der Waals surface area (Å²) in [5.41, 5.74) is 3.01. The molecule has 0 aliphatic heterocycles. The average Bonchev–Trinajstić information content (AvgIpc) is 2.80. The number of hydrogen-bond donors (Lipinski definition) is 2. The minimum Gasteiger partial charge on any atom is -0.493 e. The van der Waals surface area contributed by atoms with Crippen molar-refractivity contribution in [3.63, 3.8) is 0 Å². The molecule has 0 radical (unpaired) electrons. The number of oxime groups is 2. The van der Waals surface area contributed by atoms with Crippen LogP contribution in [0.5, 0.6) is 11.5 Å². The Kier molecular flexibility index (Phi) is 10.6. The van der Waals surface area contributed by atoms with E-state index in [1.165, 1.54) is 0 Å². The predicted octanol–water partition coefficient (Wildman–Crippen LogP) is 6.37. The molecule has 0 atom stereocenters. The van der Waals surface area contributed by atoms with Gasteiger partial charge in [-0.05, 0) is 97.2 Å². The number of unbranched alkanes of at least 4 members (excludes halogenated alkanes) is 1. The molecular formula is C26H36N2O4. The number of rotatable bonds is 13. The Morgan fingerprint density at radius 2 is 1.00 bits per heavy atom. The monoisotopic (exact) mass is 440 g/mol. The molecule has 0 aliphatic rings. The van der Waals surface area contributed by atoms with Gasteiger partial charge in [0.25, 0.3) is 0 Å². The zero-order valence-corrected chi connectivity index (χ0v) is 19.6. The Bertz CT molecular complexity index is 783. The SMILES string of the molecule is CC(C)COc1ccc(/C(CCCC/C(=N\O)c2ccc(OCC(C)C)cc2)=N/O)cc1. The van der Waals surface area contributed by atoms with E-state index in [4.69, 9.17) is 9.47 Å². The van der Waals surface area contributed by atoms with Crippen LogP contribution in [0, 0.1) is 11.8 Å². The average molecular weight is 441 g/mol. The molecule has 0 aliphatic carbocycles. The first kappa shape index (κ1) is 25.2. The molecule has 0 amide bonds.